The van der Waals surface area contributed by atoms with Crippen LogP contribution in [0.15, 0.2) is 36.4 Å². The van der Waals surface area contributed by atoms with Crippen molar-refractivity contribution in [3.05, 3.63) is 47.5 Å². The van der Waals surface area contributed by atoms with E-state index in [1.54, 1.807) is 0 Å². The van der Waals surface area contributed by atoms with E-state index in [0.717, 1.165) is 61.3 Å². The average Bonchev–Trinajstić information content (AvgIpc) is 2.94. The molecule has 2 heterocycles. The average molecular weight is 546 g/mol. The maximum atomic E-state index is 13.2. The van der Waals surface area contributed by atoms with Gasteiger partial charge in [0.1, 0.15) is 0 Å². The van der Waals surface area contributed by atoms with Crippen molar-refractivity contribution in [3.63, 3.8) is 0 Å². The number of aliphatic hydroxyl groups is 1. The Labute approximate surface area is 237 Å². The number of benzene rings is 2. The summed E-state index contributed by atoms with van der Waals surface area (Å²) in [5, 5.41) is 12.4. The van der Waals surface area contributed by atoms with Crippen LogP contribution in [0.2, 0.25) is 0 Å². The molecule has 0 unspecified atom stereocenters. The van der Waals surface area contributed by atoms with Crippen molar-refractivity contribution >= 4 is 22.6 Å². The summed E-state index contributed by atoms with van der Waals surface area (Å²) in [5.41, 5.74) is 1.77. The fraction of sp³-hybridized carbons (Fsp3) is 0.636. The van der Waals surface area contributed by atoms with Crippen LogP contribution in [0.1, 0.15) is 65.7 Å². The van der Waals surface area contributed by atoms with Crippen LogP contribution in [-0.2, 0) is 4.74 Å². The third kappa shape index (κ3) is 5.11. The van der Waals surface area contributed by atoms with Crippen LogP contribution in [-0.4, -0.2) is 96.8 Å². The Kier molecular flexibility index (Phi) is 7.19. The molecule has 7 heteroatoms. The summed E-state index contributed by atoms with van der Waals surface area (Å²) in [7, 11) is 0. The van der Waals surface area contributed by atoms with E-state index < -0.39 is 6.10 Å². The highest BCUT2D eigenvalue weighted by Crippen LogP contribution is 2.61. The fourth-order valence-electron chi connectivity index (χ4n) is 9.18. The van der Waals surface area contributed by atoms with Gasteiger partial charge in [0, 0.05) is 68.9 Å². The molecule has 214 valence electrons. The van der Waals surface area contributed by atoms with Gasteiger partial charge in [0.05, 0.1) is 12.7 Å². The zero-order valence-electron chi connectivity index (χ0n) is 23.6. The molecule has 4 saturated carbocycles. The summed E-state index contributed by atoms with van der Waals surface area (Å²) in [6, 6.07) is 11.3. The van der Waals surface area contributed by atoms with Gasteiger partial charge < -0.3 is 9.84 Å². The highest BCUT2D eigenvalue weighted by molar-refractivity contribution is 6.25. The van der Waals surface area contributed by atoms with Crippen LogP contribution in [0.4, 0.5) is 0 Å². The molecule has 2 amide bonds. The van der Waals surface area contributed by atoms with Crippen LogP contribution in [0, 0.1) is 23.2 Å². The predicted octanol–water partition coefficient (Wildman–Crippen LogP) is 4.04. The summed E-state index contributed by atoms with van der Waals surface area (Å²) in [5.74, 6) is 2.53. The monoisotopic (exact) mass is 545 g/mol. The van der Waals surface area contributed by atoms with E-state index in [9.17, 15) is 14.7 Å². The van der Waals surface area contributed by atoms with Gasteiger partial charge in [-0.3, -0.25) is 24.3 Å². The Morgan fingerprint density at radius 3 is 2.00 bits per heavy atom. The minimum absolute atomic E-state index is 0.195. The molecule has 2 aliphatic heterocycles. The Balaban J connectivity index is 0.829. The van der Waals surface area contributed by atoms with Gasteiger partial charge in [0.2, 0.25) is 0 Å². The van der Waals surface area contributed by atoms with Crippen LogP contribution in [0.3, 0.4) is 0 Å². The van der Waals surface area contributed by atoms with Crippen LogP contribution in [0.25, 0.3) is 10.8 Å². The number of piperazine rings is 1. The lowest BCUT2D eigenvalue weighted by Crippen LogP contribution is -2.51. The third-order valence-electron chi connectivity index (χ3n) is 10.7. The van der Waals surface area contributed by atoms with Crippen molar-refractivity contribution in [2.24, 2.45) is 23.2 Å². The smallest absolute Gasteiger partial charge is 0.261 e. The minimum atomic E-state index is -0.464. The third-order valence-corrected chi connectivity index (χ3v) is 10.7. The summed E-state index contributed by atoms with van der Waals surface area (Å²) in [4.78, 5) is 32.4. The maximum Gasteiger partial charge on any atom is 0.261 e. The first-order valence-electron chi connectivity index (χ1n) is 15.5. The number of rotatable bonds is 10. The molecule has 0 spiro atoms. The van der Waals surface area contributed by atoms with Crippen molar-refractivity contribution in [1.29, 1.82) is 0 Å². The lowest BCUT2D eigenvalue weighted by molar-refractivity contribution is -0.0744. The van der Waals surface area contributed by atoms with E-state index >= 15 is 0 Å². The molecule has 2 aromatic rings. The number of carbonyl (C=O) groups excluding carboxylic acids is 2. The normalized spacial score (nSPS) is 30.9. The number of hydrogen-bond donors (Lipinski definition) is 1. The van der Waals surface area contributed by atoms with Gasteiger partial charge in [0.15, 0.2) is 0 Å². The van der Waals surface area contributed by atoms with Crippen LogP contribution in [0.5, 0.6) is 0 Å². The van der Waals surface area contributed by atoms with E-state index in [2.05, 4.69) is 9.80 Å². The molecule has 1 atom stereocenters. The molecule has 2 aromatic carbocycles. The molecule has 1 N–H and O–H groups in total. The first-order valence-corrected chi connectivity index (χ1v) is 15.5. The molecule has 40 heavy (non-hydrogen) atoms. The Morgan fingerprint density at radius 2 is 1.40 bits per heavy atom. The summed E-state index contributed by atoms with van der Waals surface area (Å²) in [6.45, 7) is 6.35. The Hall–Kier alpha value is -2.32. The fourth-order valence-corrected chi connectivity index (χ4v) is 9.18. The minimum Gasteiger partial charge on any atom is -0.389 e. The number of ether oxygens (including phenoxy) is 1. The van der Waals surface area contributed by atoms with Crippen LogP contribution < -0.4 is 0 Å². The summed E-state index contributed by atoms with van der Waals surface area (Å²) >= 11 is 0. The van der Waals surface area contributed by atoms with E-state index in [4.69, 9.17) is 4.74 Å². The van der Waals surface area contributed by atoms with Gasteiger partial charge in [-0.15, -0.1) is 0 Å². The van der Waals surface area contributed by atoms with Gasteiger partial charge in [-0.05, 0) is 85.6 Å². The molecule has 6 aliphatic rings. The van der Waals surface area contributed by atoms with Crippen molar-refractivity contribution in [1.82, 2.24) is 14.7 Å². The lowest BCUT2D eigenvalue weighted by atomic mass is 9.49. The molecular weight excluding hydrogens is 502 g/mol. The van der Waals surface area contributed by atoms with E-state index in [-0.39, 0.29) is 11.8 Å². The molecule has 8 rings (SSSR count). The second-order valence-electron chi connectivity index (χ2n) is 13.5. The molecule has 0 aromatic heterocycles. The highest BCUT2D eigenvalue weighted by atomic mass is 16.5. The molecule has 1 saturated heterocycles. The number of imide groups is 1. The topological polar surface area (TPSA) is 73.3 Å². The second-order valence-corrected chi connectivity index (χ2v) is 13.5. The number of hydrogen-bond acceptors (Lipinski definition) is 6. The lowest BCUT2D eigenvalue weighted by Gasteiger charge is -2.57. The Morgan fingerprint density at radius 1 is 0.825 bits per heavy atom. The van der Waals surface area contributed by atoms with Gasteiger partial charge >= 0.3 is 0 Å². The number of amides is 2. The number of carbonyl (C=O) groups is 2. The molecule has 7 nitrogen and oxygen atoms in total. The van der Waals surface area contributed by atoms with E-state index in [0.29, 0.717) is 42.8 Å². The number of nitrogens with zero attached hydrogens (tertiary/aromatic N) is 3. The van der Waals surface area contributed by atoms with Crippen molar-refractivity contribution < 1.29 is 19.4 Å². The molecule has 4 aliphatic carbocycles. The zero-order chi connectivity index (χ0) is 27.3. The van der Waals surface area contributed by atoms with Crippen molar-refractivity contribution in [2.75, 3.05) is 59.0 Å². The summed E-state index contributed by atoms with van der Waals surface area (Å²) < 4.78 is 6.01. The molecule has 4 bridgehead atoms. The van der Waals surface area contributed by atoms with Gasteiger partial charge in [-0.25, -0.2) is 0 Å². The molecule has 5 fully saturated rings. The van der Waals surface area contributed by atoms with Crippen molar-refractivity contribution in [2.45, 2.75) is 51.0 Å². The van der Waals surface area contributed by atoms with Crippen LogP contribution >= 0.6 is 0 Å². The number of β-amino-alcohol motifs (C(OH)–C–C–N with tert-alkyl or cyclic N) is 1. The second kappa shape index (κ2) is 10.8. The predicted molar refractivity (Wildman–Crippen MR) is 154 cm³/mol. The van der Waals surface area contributed by atoms with Crippen molar-refractivity contribution in [3.8, 4) is 0 Å². The SMILES string of the molecule is O=C1c2cccc3cccc(c23)C(=O)N1CCN1CCN(C[C@H](O)COCCC23CC4CC(CC(C4)C2)C3)CC1. The van der Waals surface area contributed by atoms with Gasteiger partial charge in [-0.1, -0.05) is 24.3 Å². The maximum absolute atomic E-state index is 13.2. The number of aliphatic hydroxyl groups excluding tert-OH is 1. The van der Waals surface area contributed by atoms with Gasteiger partial charge in [0.25, 0.3) is 11.8 Å². The highest BCUT2D eigenvalue weighted by Gasteiger charge is 2.50. The largest absolute Gasteiger partial charge is 0.389 e. The quantitative estimate of drug-likeness (QED) is 0.359. The first kappa shape index (κ1) is 26.6. The summed E-state index contributed by atoms with van der Waals surface area (Å²) in [6.07, 6.45) is 9.39. The van der Waals surface area contributed by atoms with Gasteiger partial charge in [-0.2, -0.15) is 0 Å². The molecular formula is C33H43N3O4. The standard InChI is InChI=1S/C33H43N3O4/c37-27(22-40-14-7-33-18-23-15-24(19-33)17-25(16-23)20-33)21-35-10-8-34(9-11-35)12-13-36-31(38)28-5-1-3-26-4-2-6-29(30(26)28)32(36)39/h1-6,23-25,27,37H,7-22H2/t23?,24?,25?,27-,33?/m0/s1. The zero-order valence-corrected chi connectivity index (χ0v) is 23.6. The first-order chi connectivity index (χ1) is 19.5. The Bertz CT molecular complexity index is 1180. The van der Waals surface area contributed by atoms with E-state index in [1.165, 1.54) is 49.8 Å². The molecule has 0 radical (unpaired) electrons. The van der Waals surface area contributed by atoms with E-state index in [1.807, 2.05) is 36.4 Å².